The number of aryl methyl sites for hydroxylation is 15. The smallest absolute Gasteiger partial charge is 0.300 e. The average molecular weight is 1990 g/mol. The number of benzene rings is 14. The second-order valence-electron chi connectivity index (χ2n) is 34.6. The van der Waals surface area contributed by atoms with Crippen molar-refractivity contribution in [3.63, 3.8) is 0 Å². The van der Waals surface area contributed by atoms with Crippen LogP contribution in [0.2, 0.25) is 0 Å². The van der Waals surface area contributed by atoms with Gasteiger partial charge < -0.3 is 32.8 Å². The molecule has 748 valence electrons. The largest absolute Gasteiger partial charge is 0.382 e. The minimum absolute atomic E-state index is 0. The predicted molar refractivity (Wildman–Crippen MR) is 596 cm³/mol. The predicted octanol–water partition coefficient (Wildman–Crippen LogP) is 29.5. The monoisotopic (exact) mass is 1990 g/mol. The molecular formula is C123H146O15P4. The standard InChI is InChI=1S/C26H27O3P.2C22H21O2P.C18H21O3P.C16H16O3.C13H16O2.6CH4/c1-16-12-18(3)23(19(4)13-16)25(27)30(29,22-10-8-7-9-11-22)26(28)24-20(5)14-17(2)15-21(24)6;2*1-16-14-17(2)21(18(3)15-16)22(23)25(24,19-10-6-4-7-11-19)20-12-8-5-9-13-20;1-5-21-22(20,16-9-7-6-8-10-16)18(19)17-14(3)11-13(2)12-15(17)4;1-18-16(19-2,14-11-7-4-8-12-14)15(17)13-9-5-3-6-10-13;14-12(11-7-3-1-4-8-11)13(15)9-5-2-6-10-13;;;;;;/h7-15H,1-6H3;2*4-15H,1-3H3;6-12H,5H2,1-4H3;3-12H,1-2H3;1,3-4,7-8,15H,2,5-6,9-10H2;6*1H4. The van der Waals surface area contributed by atoms with Crippen molar-refractivity contribution in [1.82, 2.24) is 0 Å². The van der Waals surface area contributed by atoms with E-state index in [9.17, 15) is 56.9 Å². The maximum atomic E-state index is 14.5. The molecule has 1 atom stereocenters. The number of hydrogen-bond acceptors (Lipinski definition) is 15. The molecule has 0 saturated heterocycles. The summed E-state index contributed by atoms with van der Waals surface area (Å²) < 4.78 is 72.5. The SMILES string of the molecule is C.C.C.C.C.C.CCOP(=O)(C(=O)c1c(C)cc(C)cc1C)c1ccccc1.COC(OC)(C(=O)c1ccccc1)c1ccccc1.Cc1cc(C)c(C(=O)P(=O)(C(=O)c2c(C)cc(C)cc2C)c2ccccc2)c(C)c1.Cc1cc(C)c(C(=O)P(=O)(c2ccccc2)c2ccccc2)c(C)c1.Cc1cc(C)c(C(=O)P(=O)(c2ccccc2)c2ccccc2)c(C)c1.O=C(c1ccccc1)C1(O)CCCCC1. The fourth-order valence-corrected chi connectivity index (χ4v) is 27.9. The molecule has 14 aromatic carbocycles. The molecule has 1 aliphatic rings. The van der Waals surface area contributed by atoms with Gasteiger partial charge in [0.1, 0.15) is 5.60 Å². The Kier molecular flexibility index (Phi) is 46.9. The molecule has 142 heavy (non-hydrogen) atoms. The van der Waals surface area contributed by atoms with Crippen molar-refractivity contribution in [3.8, 4) is 0 Å². The molecule has 0 amide bonds. The van der Waals surface area contributed by atoms with Crippen LogP contribution in [-0.4, -0.2) is 70.7 Å². The molecule has 1 aliphatic carbocycles. The number of rotatable bonds is 25. The highest BCUT2D eigenvalue weighted by atomic mass is 31.2. The van der Waals surface area contributed by atoms with Gasteiger partial charge in [-0.25, -0.2) is 0 Å². The zero-order chi connectivity index (χ0) is 99.0. The first-order chi connectivity index (χ1) is 64.8. The molecule has 1 fully saturated rings. The Hall–Kier alpha value is -12.5. The number of hydrogen-bond donors (Lipinski definition) is 1. The first-order valence-electron chi connectivity index (χ1n) is 45.4. The van der Waals surface area contributed by atoms with Gasteiger partial charge in [-0.05, 0) is 191 Å². The third kappa shape index (κ3) is 27.7. The highest BCUT2D eigenvalue weighted by Crippen LogP contribution is 2.55. The van der Waals surface area contributed by atoms with Gasteiger partial charge in [0.15, 0.2) is 5.78 Å². The summed E-state index contributed by atoms with van der Waals surface area (Å²) in [5.41, 5.74) is 14.4. The maximum Gasteiger partial charge on any atom is 0.300 e. The van der Waals surface area contributed by atoms with Crippen molar-refractivity contribution < 1.29 is 70.9 Å². The van der Waals surface area contributed by atoms with Crippen molar-refractivity contribution >= 4 is 99.8 Å². The molecule has 0 aliphatic heterocycles. The molecule has 1 saturated carbocycles. The van der Waals surface area contributed by atoms with Gasteiger partial charge in [0.2, 0.25) is 49.3 Å². The van der Waals surface area contributed by atoms with Gasteiger partial charge in [-0.3, -0.25) is 38.1 Å². The lowest BCUT2D eigenvalue weighted by Gasteiger charge is -2.30. The summed E-state index contributed by atoms with van der Waals surface area (Å²) >= 11 is 0. The van der Waals surface area contributed by atoms with Crippen LogP contribution in [0.3, 0.4) is 0 Å². The molecule has 0 spiro atoms. The molecule has 0 radical (unpaired) electrons. The summed E-state index contributed by atoms with van der Waals surface area (Å²) in [5, 5.41) is 13.3. The van der Waals surface area contributed by atoms with Gasteiger partial charge in [0.25, 0.3) is 11.3 Å². The van der Waals surface area contributed by atoms with Gasteiger partial charge in [0, 0.05) is 90.6 Å². The highest BCUT2D eigenvalue weighted by molar-refractivity contribution is 8.01. The van der Waals surface area contributed by atoms with Crippen LogP contribution in [0.15, 0.2) is 334 Å². The second-order valence-corrected chi connectivity index (χ2v) is 44.7. The molecule has 14 aromatic rings. The lowest BCUT2D eigenvalue weighted by molar-refractivity contribution is -0.176. The van der Waals surface area contributed by atoms with Gasteiger partial charge >= 0.3 is 7.37 Å². The Morgan fingerprint density at radius 3 is 0.761 bits per heavy atom. The first-order valence-corrected chi connectivity index (χ1v) is 52.2. The maximum absolute atomic E-state index is 14.5. The van der Waals surface area contributed by atoms with Gasteiger partial charge in [-0.1, -0.05) is 413 Å². The normalized spacial score (nSPS) is 12.1. The topological polar surface area (TPSA) is 236 Å². The Morgan fingerprint density at radius 1 is 0.289 bits per heavy atom. The second kappa shape index (κ2) is 54.7. The average Bonchev–Trinajstić information content (AvgIpc) is 0.510. The number of ether oxygens (including phenoxy) is 2. The molecule has 15 rings (SSSR count). The fraction of sp³-hybridized carbons (Fsp3) is 0.260. The van der Waals surface area contributed by atoms with E-state index in [2.05, 4.69) is 0 Å². The quantitative estimate of drug-likeness (QED) is 0.0318. The molecular weight excluding hydrogens is 1840 g/mol. The molecule has 0 aromatic heterocycles. The van der Waals surface area contributed by atoms with E-state index >= 15 is 0 Å². The Bertz CT molecular complexity index is 6360. The molecule has 0 bridgehead atoms. The summed E-state index contributed by atoms with van der Waals surface area (Å²) in [6.07, 6.45) is 4.26. The van der Waals surface area contributed by atoms with E-state index in [1.54, 1.807) is 134 Å². The van der Waals surface area contributed by atoms with Crippen LogP contribution >= 0.6 is 28.8 Å². The van der Waals surface area contributed by atoms with Gasteiger partial charge in [-0.2, -0.15) is 0 Å². The Morgan fingerprint density at radius 2 is 0.507 bits per heavy atom. The highest BCUT2D eigenvalue weighted by Gasteiger charge is 2.47. The fourth-order valence-electron chi connectivity index (χ4n) is 18.0. The van der Waals surface area contributed by atoms with Crippen molar-refractivity contribution in [1.29, 1.82) is 0 Å². The number of carbonyl (C=O) groups excluding carboxylic acids is 7. The zero-order valence-electron chi connectivity index (χ0n) is 80.9. The number of carbonyl (C=O) groups is 7. The van der Waals surface area contributed by atoms with Crippen LogP contribution in [0.1, 0.15) is 245 Å². The summed E-state index contributed by atoms with van der Waals surface area (Å²) in [4.78, 5) is 92.6. The van der Waals surface area contributed by atoms with Crippen LogP contribution in [0, 0.1) is 104 Å². The number of aliphatic hydroxyl groups is 1. The molecule has 1 N–H and O–H groups in total. The zero-order valence-corrected chi connectivity index (χ0v) is 84.5. The van der Waals surface area contributed by atoms with Crippen LogP contribution in [0.4, 0.5) is 0 Å². The molecule has 15 nitrogen and oxygen atoms in total. The molecule has 19 heteroatoms. The summed E-state index contributed by atoms with van der Waals surface area (Å²) in [7, 11) is -11.7. The third-order valence-electron chi connectivity index (χ3n) is 24.1. The van der Waals surface area contributed by atoms with Crippen LogP contribution in [0.25, 0.3) is 0 Å². The van der Waals surface area contributed by atoms with Crippen molar-refractivity contribution in [2.24, 2.45) is 0 Å². The van der Waals surface area contributed by atoms with Crippen molar-refractivity contribution in [2.45, 2.75) is 199 Å². The number of methoxy groups -OCH3 is 2. The van der Waals surface area contributed by atoms with Gasteiger partial charge in [0.05, 0.1) is 6.61 Å². The van der Waals surface area contributed by atoms with Crippen LogP contribution < -0.4 is 31.8 Å². The summed E-state index contributed by atoms with van der Waals surface area (Å²) in [5.74, 6) is -1.73. The van der Waals surface area contributed by atoms with Crippen LogP contribution in [0.5, 0.6) is 0 Å². The van der Waals surface area contributed by atoms with Gasteiger partial charge in [-0.15, -0.1) is 0 Å². The Labute approximate surface area is 846 Å². The van der Waals surface area contributed by atoms with E-state index in [0.29, 0.717) is 83.9 Å². The molecule has 1 unspecified atom stereocenters. The minimum atomic E-state index is -4.11. The lowest BCUT2D eigenvalue weighted by Crippen LogP contribution is -2.40. The van der Waals surface area contributed by atoms with E-state index in [1.165, 1.54) is 14.2 Å². The van der Waals surface area contributed by atoms with E-state index in [4.69, 9.17) is 14.0 Å². The first kappa shape index (κ1) is 122. The lowest BCUT2D eigenvalue weighted by atomic mass is 9.79. The summed E-state index contributed by atoms with van der Waals surface area (Å²) in [6.45, 7) is 30.6. The Balaban J connectivity index is 0.000000356. The van der Waals surface area contributed by atoms with E-state index in [-0.39, 0.29) is 79.1 Å². The summed E-state index contributed by atoms with van der Waals surface area (Å²) in [6, 6.07) is 100. The van der Waals surface area contributed by atoms with E-state index in [1.807, 2.05) is 310 Å². The van der Waals surface area contributed by atoms with Crippen molar-refractivity contribution in [2.75, 3.05) is 20.8 Å². The van der Waals surface area contributed by atoms with E-state index in [0.717, 1.165) is 103 Å². The van der Waals surface area contributed by atoms with Crippen LogP contribution in [-0.2, 0) is 38.0 Å². The third-order valence-corrected chi connectivity index (χ3v) is 34.7. The number of ketones is 2. The molecule has 0 heterocycles. The number of Topliss-reactive ketones (excluding diaryl/α,β-unsaturated/α-hetero) is 2. The van der Waals surface area contributed by atoms with E-state index < -0.39 is 56.8 Å². The van der Waals surface area contributed by atoms with Crippen molar-refractivity contribution in [3.05, 3.63) is 462 Å². The minimum Gasteiger partial charge on any atom is -0.382 e.